The van der Waals surface area contributed by atoms with Crippen molar-refractivity contribution >= 4 is 5.78 Å². The molecule has 1 nitrogen and oxygen atoms in total. The second-order valence-electron chi connectivity index (χ2n) is 4.28. The first kappa shape index (κ1) is 9.45. The monoisotopic (exact) mass is 188 g/mol. The lowest BCUT2D eigenvalue weighted by molar-refractivity contribution is -0.117. The van der Waals surface area contributed by atoms with Crippen LogP contribution in [0.3, 0.4) is 0 Å². The molecule has 14 heavy (non-hydrogen) atoms. The van der Waals surface area contributed by atoms with Crippen LogP contribution in [0, 0.1) is 5.92 Å². The minimum absolute atomic E-state index is 0.320. The van der Waals surface area contributed by atoms with Crippen molar-refractivity contribution in [3.63, 3.8) is 0 Å². The van der Waals surface area contributed by atoms with Crippen LogP contribution < -0.4 is 0 Å². The summed E-state index contributed by atoms with van der Waals surface area (Å²) < 4.78 is 0. The normalized spacial score (nSPS) is 15.5. The molecule has 0 aliphatic heterocycles. The maximum absolute atomic E-state index is 10.9. The van der Waals surface area contributed by atoms with Gasteiger partial charge in [0.15, 0.2) is 0 Å². The van der Waals surface area contributed by atoms with Crippen LogP contribution in [0.15, 0.2) is 24.3 Å². The molecule has 1 aliphatic carbocycles. The summed E-state index contributed by atoms with van der Waals surface area (Å²) in [6, 6.07) is 8.63. The minimum atomic E-state index is 0.320. The Bertz CT molecular complexity index is 316. The predicted octanol–water partition coefficient (Wildman–Crippen LogP) is 2.77. The number of fused-ring (bicyclic) bond motifs is 1. The van der Waals surface area contributed by atoms with Crippen LogP contribution in [0.1, 0.15) is 30.9 Å². The van der Waals surface area contributed by atoms with E-state index < -0.39 is 0 Å². The van der Waals surface area contributed by atoms with Crippen LogP contribution in [-0.2, 0) is 17.6 Å². The lowest BCUT2D eigenvalue weighted by Gasteiger charge is -2.05. The lowest BCUT2D eigenvalue weighted by atomic mass is 9.99. The fourth-order valence-corrected chi connectivity index (χ4v) is 2.26. The third-order valence-electron chi connectivity index (χ3n) is 3.04. The average molecular weight is 188 g/mol. The second kappa shape index (κ2) is 3.95. The van der Waals surface area contributed by atoms with Crippen LogP contribution in [0.5, 0.6) is 0 Å². The molecule has 0 bridgehead atoms. The van der Waals surface area contributed by atoms with E-state index in [1.807, 2.05) is 0 Å². The van der Waals surface area contributed by atoms with Crippen molar-refractivity contribution in [1.29, 1.82) is 0 Å². The standard InChI is InChI=1S/C13H16O/c1-10(14)6-7-11-8-12-4-2-3-5-13(12)9-11/h2-5,11H,6-9H2,1H3. The zero-order valence-corrected chi connectivity index (χ0v) is 8.62. The highest BCUT2D eigenvalue weighted by molar-refractivity contribution is 5.75. The Morgan fingerprint density at radius 3 is 2.36 bits per heavy atom. The van der Waals surface area contributed by atoms with Gasteiger partial charge >= 0.3 is 0 Å². The van der Waals surface area contributed by atoms with Crippen LogP contribution in [-0.4, -0.2) is 5.78 Å². The Balaban J connectivity index is 1.95. The van der Waals surface area contributed by atoms with E-state index in [9.17, 15) is 4.79 Å². The van der Waals surface area contributed by atoms with Crippen molar-refractivity contribution < 1.29 is 4.79 Å². The summed E-state index contributed by atoms with van der Waals surface area (Å²) in [5.41, 5.74) is 2.97. The summed E-state index contributed by atoms with van der Waals surface area (Å²) in [7, 11) is 0. The van der Waals surface area contributed by atoms with Crippen molar-refractivity contribution in [2.75, 3.05) is 0 Å². The third kappa shape index (κ3) is 2.03. The fraction of sp³-hybridized carbons (Fsp3) is 0.462. The highest BCUT2D eigenvalue weighted by atomic mass is 16.1. The molecule has 0 saturated carbocycles. The molecule has 0 N–H and O–H groups in total. The van der Waals surface area contributed by atoms with Crippen LogP contribution >= 0.6 is 0 Å². The number of rotatable bonds is 3. The smallest absolute Gasteiger partial charge is 0.129 e. The zero-order valence-electron chi connectivity index (χ0n) is 8.62. The van der Waals surface area contributed by atoms with Crippen molar-refractivity contribution in [3.8, 4) is 0 Å². The Morgan fingerprint density at radius 1 is 1.29 bits per heavy atom. The van der Waals surface area contributed by atoms with E-state index in [0.29, 0.717) is 11.7 Å². The fourth-order valence-electron chi connectivity index (χ4n) is 2.26. The molecule has 0 amide bonds. The first-order valence-corrected chi connectivity index (χ1v) is 5.32. The summed E-state index contributed by atoms with van der Waals surface area (Å²) in [5, 5.41) is 0. The van der Waals surface area contributed by atoms with Crippen LogP contribution in [0.2, 0.25) is 0 Å². The van der Waals surface area contributed by atoms with Crippen LogP contribution in [0.4, 0.5) is 0 Å². The van der Waals surface area contributed by atoms with Crippen molar-refractivity contribution in [2.24, 2.45) is 5.92 Å². The molecule has 0 aromatic heterocycles. The molecule has 1 aromatic rings. The number of Topliss-reactive ketones (excluding diaryl/α,β-unsaturated/α-hetero) is 1. The molecule has 1 heteroatoms. The maximum Gasteiger partial charge on any atom is 0.129 e. The number of carbonyl (C=O) groups is 1. The van der Waals surface area contributed by atoms with Crippen molar-refractivity contribution in [1.82, 2.24) is 0 Å². The van der Waals surface area contributed by atoms with E-state index in [4.69, 9.17) is 0 Å². The molecular weight excluding hydrogens is 172 g/mol. The van der Waals surface area contributed by atoms with E-state index >= 15 is 0 Å². The second-order valence-corrected chi connectivity index (χ2v) is 4.28. The average Bonchev–Trinajstić information content (AvgIpc) is 2.57. The van der Waals surface area contributed by atoms with Gasteiger partial charge in [-0.1, -0.05) is 24.3 Å². The highest BCUT2D eigenvalue weighted by Gasteiger charge is 2.20. The molecule has 0 unspecified atom stereocenters. The molecule has 0 spiro atoms. The quantitative estimate of drug-likeness (QED) is 0.712. The van der Waals surface area contributed by atoms with E-state index in [2.05, 4.69) is 24.3 Å². The summed E-state index contributed by atoms with van der Waals surface area (Å²) in [4.78, 5) is 10.9. The van der Waals surface area contributed by atoms with Gasteiger partial charge in [-0.25, -0.2) is 0 Å². The van der Waals surface area contributed by atoms with Gasteiger partial charge in [0.25, 0.3) is 0 Å². The number of carbonyl (C=O) groups excluding carboxylic acids is 1. The molecule has 1 aromatic carbocycles. The van der Waals surface area contributed by atoms with Gasteiger partial charge in [0, 0.05) is 6.42 Å². The number of hydrogen-bond donors (Lipinski definition) is 0. The van der Waals surface area contributed by atoms with Gasteiger partial charge in [-0.05, 0) is 43.2 Å². The summed E-state index contributed by atoms with van der Waals surface area (Å²) in [6.07, 6.45) is 4.15. The molecular formula is C13H16O. The van der Waals surface area contributed by atoms with Gasteiger partial charge in [0.2, 0.25) is 0 Å². The van der Waals surface area contributed by atoms with Gasteiger partial charge in [0.05, 0.1) is 0 Å². The van der Waals surface area contributed by atoms with Gasteiger partial charge in [-0.2, -0.15) is 0 Å². The SMILES string of the molecule is CC(=O)CCC1Cc2ccccc2C1. The Labute approximate surface area is 85.1 Å². The molecule has 0 saturated heterocycles. The number of hydrogen-bond acceptors (Lipinski definition) is 1. The largest absolute Gasteiger partial charge is 0.300 e. The molecule has 0 radical (unpaired) electrons. The maximum atomic E-state index is 10.9. The van der Waals surface area contributed by atoms with Gasteiger partial charge < -0.3 is 4.79 Å². The Hall–Kier alpha value is -1.11. The lowest BCUT2D eigenvalue weighted by Crippen LogP contribution is -2.02. The molecule has 0 heterocycles. The van der Waals surface area contributed by atoms with Gasteiger partial charge in [-0.15, -0.1) is 0 Å². The summed E-state index contributed by atoms with van der Waals surface area (Å²) >= 11 is 0. The Kier molecular flexibility index (Phi) is 2.67. The highest BCUT2D eigenvalue weighted by Crippen LogP contribution is 2.29. The van der Waals surface area contributed by atoms with E-state index in [1.54, 1.807) is 6.92 Å². The van der Waals surface area contributed by atoms with E-state index in [-0.39, 0.29) is 0 Å². The molecule has 0 fully saturated rings. The van der Waals surface area contributed by atoms with E-state index in [1.165, 1.54) is 24.0 Å². The summed E-state index contributed by atoms with van der Waals surface area (Å²) in [6.45, 7) is 1.68. The Morgan fingerprint density at radius 2 is 1.86 bits per heavy atom. The molecule has 2 rings (SSSR count). The molecule has 1 aliphatic rings. The van der Waals surface area contributed by atoms with Crippen molar-refractivity contribution in [3.05, 3.63) is 35.4 Å². The minimum Gasteiger partial charge on any atom is -0.300 e. The van der Waals surface area contributed by atoms with Crippen LogP contribution in [0.25, 0.3) is 0 Å². The van der Waals surface area contributed by atoms with Gasteiger partial charge in [0.1, 0.15) is 5.78 Å². The molecule has 74 valence electrons. The first-order valence-electron chi connectivity index (χ1n) is 5.32. The topological polar surface area (TPSA) is 17.1 Å². The zero-order chi connectivity index (χ0) is 9.97. The number of benzene rings is 1. The van der Waals surface area contributed by atoms with E-state index in [0.717, 1.165) is 12.8 Å². The first-order chi connectivity index (χ1) is 6.75. The predicted molar refractivity (Wildman–Crippen MR) is 57.3 cm³/mol. The third-order valence-corrected chi connectivity index (χ3v) is 3.04. The van der Waals surface area contributed by atoms with Gasteiger partial charge in [-0.3, -0.25) is 0 Å². The van der Waals surface area contributed by atoms with Crippen molar-refractivity contribution in [2.45, 2.75) is 32.6 Å². The number of ketones is 1. The molecule has 0 atom stereocenters. The summed E-state index contributed by atoms with van der Waals surface area (Å²) in [5.74, 6) is 1.03.